The van der Waals surface area contributed by atoms with E-state index in [-0.39, 0.29) is 0 Å². The molecule has 3 heteroatoms. The molecule has 2 aliphatic rings. The van der Waals surface area contributed by atoms with Crippen molar-refractivity contribution in [3.8, 4) is 5.75 Å². The van der Waals surface area contributed by atoms with Gasteiger partial charge in [-0.2, -0.15) is 0 Å². The zero-order chi connectivity index (χ0) is 12.6. The second-order valence-corrected chi connectivity index (χ2v) is 5.53. The highest BCUT2D eigenvalue weighted by molar-refractivity contribution is 5.40. The van der Waals surface area contributed by atoms with Crippen LogP contribution in [0.3, 0.4) is 0 Å². The fraction of sp³-hybridized carbons (Fsp3) is 0.600. The van der Waals surface area contributed by atoms with Crippen LogP contribution in [0.25, 0.3) is 0 Å². The van der Waals surface area contributed by atoms with E-state index in [2.05, 4.69) is 12.1 Å². The molecule has 18 heavy (non-hydrogen) atoms. The monoisotopic (exact) mass is 248 g/mol. The van der Waals surface area contributed by atoms with Crippen molar-refractivity contribution in [3.05, 3.63) is 29.3 Å². The summed E-state index contributed by atoms with van der Waals surface area (Å²) in [4.78, 5) is 0. The molecule has 1 aliphatic heterocycles. The Bertz CT molecular complexity index is 431. The van der Waals surface area contributed by atoms with Crippen molar-refractivity contribution >= 4 is 0 Å². The van der Waals surface area contributed by atoms with Crippen LogP contribution < -0.4 is 4.74 Å². The van der Waals surface area contributed by atoms with E-state index in [1.807, 2.05) is 6.07 Å². The van der Waals surface area contributed by atoms with Gasteiger partial charge in [0.25, 0.3) is 0 Å². The maximum absolute atomic E-state index is 10.1. The molecule has 0 bridgehead atoms. The summed E-state index contributed by atoms with van der Waals surface area (Å²) < 4.78 is 10.8. The van der Waals surface area contributed by atoms with Crippen LogP contribution in [0.4, 0.5) is 0 Å². The van der Waals surface area contributed by atoms with Crippen LogP contribution in [-0.2, 0) is 11.2 Å². The molecular weight excluding hydrogens is 228 g/mol. The zero-order valence-corrected chi connectivity index (χ0v) is 10.8. The fourth-order valence-electron chi connectivity index (χ4n) is 2.66. The van der Waals surface area contributed by atoms with E-state index < -0.39 is 5.60 Å². The van der Waals surface area contributed by atoms with E-state index in [0.29, 0.717) is 12.3 Å². The van der Waals surface area contributed by atoms with Crippen LogP contribution in [0.5, 0.6) is 5.75 Å². The van der Waals surface area contributed by atoms with Crippen LogP contribution in [0.1, 0.15) is 36.3 Å². The number of methoxy groups -OCH3 is 1. The molecule has 1 atom stereocenters. The minimum Gasteiger partial charge on any atom is -0.496 e. The van der Waals surface area contributed by atoms with Crippen molar-refractivity contribution in [1.29, 1.82) is 0 Å². The quantitative estimate of drug-likeness (QED) is 0.888. The Balaban J connectivity index is 1.85. The molecule has 1 saturated heterocycles. The molecule has 3 nitrogen and oxygen atoms in total. The van der Waals surface area contributed by atoms with E-state index in [1.54, 1.807) is 7.11 Å². The first-order chi connectivity index (χ1) is 8.70. The highest BCUT2D eigenvalue weighted by Crippen LogP contribution is 2.41. The number of aliphatic hydroxyl groups is 1. The smallest absolute Gasteiger partial charge is 0.122 e. The van der Waals surface area contributed by atoms with Gasteiger partial charge in [0.15, 0.2) is 0 Å². The van der Waals surface area contributed by atoms with Crippen molar-refractivity contribution in [2.75, 3.05) is 20.3 Å². The highest BCUT2D eigenvalue weighted by Gasteiger charge is 2.40. The van der Waals surface area contributed by atoms with Gasteiger partial charge in [0.1, 0.15) is 5.75 Å². The molecule has 1 aromatic rings. The molecule has 0 amide bonds. The largest absolute Gasteiger partial charge is 0.496 e. The van der Waals surface area contributed by atoms with E-state index in [1.165, 1.54) is 5.56 Å². The van der Waals surface area contributed by atoms with Crippen molar-refractivity contribution in [1.82, 2.24) is 0 Å². The van der Waals surface area contributed by atoms with Gasteiger partial charge in [0, 0.05) is 18.9 Å². The van der Waals surface area contributed by atoms with Crippen LogP contribution in [0, 0.1) is 0 Å². The Kier molecular flexibility index (Phi) is 3.04. The average Bonchev–Trinajstić information content (AvgIpc) is 2.91. The Morgan fingerprint density at radius 1 is 1.44 bits per heavy atom. The summed E-state index contributed by atoms with van der Waals surface area (Å²) in [6.45, 7) is 1.67. The molecule has 3 rings (SSSR count). The third-order valence-corrected chi connectivity index (χ3v) is 4.05. The molecule has 0 spiro atoms. The Hall–Kier alpha value is -1.06. The number of ether oxygens (including phenoxy) is 2. The van der Waals surface area contributed by atoms with Gasteiger partial charge in [-0.3, -0.25) is 0 Å². The van der Waals surface area contributed by atoms with Gasteiger partial charge in [0.05, 0.1) is 19.3 Å². The molecule has 2 fully saturated rings. The number of hydrogen-bond donors (Lipinski definition) is 1. The summed E-state index contributed by atoms with van der Waals surface area (Å²) in [6, 6.07) is 6.34. The second kappa shape index (κ2) is 4.56. The van der Waals surface area contributed by atoms with Gasteiger partial charge < -0.3 is 14.6 Å². The van der Waals surface area contributed by atoms with Gasteiger partial charge >= 0.3 is 0 Å². The van der Waals surface area contributed by atoms with Crippen LogP contribution >= 0.6 is 0 Å². The van der Waals surface area contributed by atoms with Crippen molar-refractivity contribution in [3.63, 3.8) is 0 Å². The first-order valence-corrected chi connectivity index (χ1v) is 6.67. The fourth-order valence-corrected chi connectivity index (χ4v) is 2.66. The molecule has 1 unspecified atom stereocenters. The van der Waals surface area contributed by atoms with Crippen LogP contribution in [0.2, 0.25) is 0 Å². The van der Waals surface area contributed by atoms with Gasteiger partial charge in [-0.25, -0.2) is 0 Å². The van der Waals surface area contributed by atoms with E-state index in [4.69, 9.17) is 9.47 Å². The first kappa shape index (κ1) is 12.0. The van der Waals surface area contributed by atoms with Gasteiger partial charge in [-0.1, -0.05) is 12.1 Å². The summed E-state index contributed by atoms with van der Waals surface area (Å²) in [5, 5.41) is 10.1. The minimum atomic E-state index is -0.474. The summed E-state index contributed by atoms with van der Waals surface area (Å²) in [7, 11) is 1.69. The number of rotatable bonds is 4. The summed E-state index contributed by atoms with van der Waals surface area (Å²) in [5.41, 5.74) is 1.97. The maximum Gasteiger partial charge on any atom is 0.122 e. The van der Waals surface area contributed by atoms with E-state index in [0.717, 1.165) is 43.8 Å². The molecule has 0 aromatic heterocycles. The predicted octanol–water partition coefficient (Wildman–Crippen LogP) is 2.27. The normalized spacial score (nSPS) is 25.1. The predicted molar refractivity (Wildman–Crippen MR) is 69.1 cm³/mol. The zero-order valence-electron chi connectivity index (χ0n) is 10.8. The molecule has 1 N–H and O–H groups in total. The van der Waals surface area contributed by atoms with Gasteiger partial charge in [-0.05, 0) is 36.5 Å². The first-order valence-electron chi connectivity index (χ1n) is 6.67. The lowest BCUT2D eigenvalue weighted by molar-refractivity contribution is 0.150. The summed E-state index contributed by atoms with van der Waals surface area (Å²) in [6.07, 6.45) is 3.62. The lowest BCUT2D eigenvalue weighted by Gasteiger charge is -2.16. The van der Waals surface area contributed by atoms with E-state index in [9.17, 15) is 5.11 Å². The Morgan fingerprint density at radius 3 is 2.89 bits per heavy atom. The molecule has 98 valence electrons. The third-order valence-electron chi connectivity index (χ3n) is 4.05. The topological polar surface area (TPSA) is 38.7 Å². The van der Waals surface area contributed by atoms with Gasteiger partial charge in [0.2, 0.25) is 0 Å². The van der Waals surface area contributed by atoms with Crippen LogP contribution in [0.15, 0.2) is 18.2 Å². The number of hydrogen-bond acceptors (Lipinski definition) is 3. The highest BCUT2D eigenvalue weighted by atomic mass is 16.5. The lowest BCUT2D eigenvalue weighted by atomic mass is 9.94. The molecule has 0 radical (unpaired) electrons. The van der Waals surface area contributed by atoms with Crippen molar-refractivity contribution in [2.45, 2.75) is 37.2 Å². The third kappa shape index (κ3) is 2.38. The second-order valence-electron chi connectivity index (χ2n) is 5.53. The lowest BCUT2D eigenvalue weighted by Crippen LogP contribution is -2.12. The summed E-state index contributed by atoms with van der Waals surface area (Å²) >= 11 is 0. The average molecular weight is 248 g/mol. The van der Waals surface area contributed by atoms with Crippen LogP contribution in [-0.4, -0.2) is 31.0 Å². The van der Waals surface area contributed by atoms with Crippen molar-refractivity contribution < 1.29 is 14.6 Å². The summed E-state index contributed by atoms with van der Waals surface area (Å²) in [5.74, 6) is 1.39. The maximum atomic E-state index is 10.1. The molecule has 1 saturated carbocycles. The molecule has 1 aromatic carbocycles. The van der Waals surface area contributed by atoms with Crippen molar-refractivity contribution in [2.24, 2.45) is 0 Å². The van der Waals surface area contributed by atoms with E-state index >= 15 is 0 Å². The standard InChI is InChI=1S/C15H20O3/c1-17-14-3-2-11(12-4-7-18-10-12)8-13(14)9-15(16)5-6-15/h2-3,8,12,16H,4-7,9-10H2,1H3. The van der Waals surface area contributed by atoms with Gasteiger partial charge in [-0.15, -0.1) is 0 Å². The molecule has 1 aliphatic carbocycles. The Labute approximate surface area is 108 Å². The minimum absolute atomic E-state index is 0.474. The molecule has 1 heterocycles. The molecular formula is C15H20O3. The Morgan fingerprint density at radius 2 is 2.28 bits per heavy atom. The number of benzene rings is 1. The SMILES string of the molecule is COc1ccc(C2CCOC2)cc1CC1(O)CC1.